The number of nitrogens with two attached hydrogens (primary N) is 1. The molecule has 0 saturated carbocycles. The van der Waals surface area contributed by atoms with Gasteiger partial charge < -0.3 is 5.73 Å². The van der Waals surface area contributed by atoms with Gasteiger partial charge in [-0.15, -0.1) is 0 Å². The predicted octanol–water partition coefficient (Wildman–Crippen LogP) is 2.39. The molecule has 96 valence electrons. The van der Waals surface area contributed by atoms with Crippen LogP contribution in [0.1, 0.15) is 5.69 Å². The van der Waals surface area contributed by atoms with Gasteiger partial charge in [-0.3, -0.25) is 0 Å². The Hall–Kier alpha value is -3.13. The second kappa shape index (κ2) is 4.86. The van der Waals surface area contributed by atoms with Crippen LogP contribution in [0.4, 0.5) is 5.69 Å². The zero-order valence-corrected chi connectivity index (χ0v) is 10.6. The molecule has 0 atom stereocenters. The van der Waals surface area contributed by atoms with E-state index in [-0.39, 0.29) is 0 Å². The second-order valence-electron chi connectivity index (χ2n) is 4.24. The molecule has 0 amide bonds. The normalized spacial score (nSPS) is 10.2. The number of pyridine rings is 1. The highest BCUT2D eigenvalue weighted by atomic mass is 15.3. The third kappa shape index (κ3) is 1.99. The quantitative estimate of drug-likeness (QED) is 0.718. The van der Waals surface area contributed by atoms with E-state index in [2.05, 4.69) is 16.2 Å². The van der Waals surface area contributed by atoms with E-state index >= 15 is 0 Å². The standard InChI is InChI=1S/C15H11N5/c16-8-14-15(6-3-7-18-14)20-10-11(9-19-20)12-4-1-2-5-13(12)17/h1-7,9-10H,17H2. The van der Waals surface area contributed by atoms with Crippen LogP contribution in [0.2, 0.25) is 0 Å². The summed E-state index contributed by atoms with van der Waals surface area (Å²) < 4.78 is 1.63. The van der Waals surface area contributed by atoms with E-state index in [9.17, 15) is 0 Å². The summed E-state index contributed by atoms with van der Waals surface area (Å²) in [6, 6.07) is 13.2. The Labute approximate surface area is 115 Å². The number of para-hydroxylation sites is 1. The van der Waals surface area contributed by atoms with Gasteiger partial charge in [-0.2, -0.15) is 10.4 Å². The number of rotatable bonds is 2. The van der Waals surface area contributed by atoms with Gasteiger partial charge in [0.1, 0.15) is 11.8 Å². The summed E-state index contributed by atoms with van der Waals surface area (Å²) in [6.45, 7) is 0. The van der Waals surface area contributed by atoms with Gasteiger partial charge in [-0.1, -0.05) is 18.2 Å². The maximum absolute atomic E-state index is 9.07. The largest absolute Gasteiger partial charge is 0.398 e. The van der Waals surface area contributed by atoms with Gasteiger partial charge in [-0.05, 0) is 18.2 Å². The maximum Gasteiger partial charge on any atom is 0.166 e. The first-order valence-electron chi connectivity index (χ1n) is 6.04. The van der Waals surface area contributed by atoms with Crippen LogP contribution in [-0.4, -0.2) is 14.8 Å². The minimum Gasteiger partial charge on any atom is -0.398 e. The smallest absolute Gasteiger partial charge is 0.166 e. The first kappa shape index (κ1) is 11.9. The molecule has 0 aliphatic rings. The van der Waals surface area contributed by atoms with Crippen molar-refractivity contribution in [3.8, 4) is 22.9 Å². The Kier molecular flexibility index (Phi) is 2.90. The lowest BCUT2D eigenvalue weighted by Gasteiger charge is -2.03. The number of nitriles is 1. The number of benzene rings is 1. The van der Waals surface area contributed by atoms with Crippen molar-refractivity contribution in [3.05, 3.63) is 60.7 Å². The fourth-order valence-corrected chi connectivity index (χ4v) is 2.02. The topological polar surface area (TPSA) is 80.5 Å². The Morgan fingerprint density at radius 2 is 2.00 bits per heavy atom. The fraction of sp³-hybridized carbons (Fsp3) is 0. The third-order valence-electron chi connectivity index (χ3n) is 2.99. The van der Waals surface area contributed by atoms with Crippen molar-refractivity contribution in [2.45, 2.75) is 0 Å². The van der Waals surface area contributed by atoms with Crippen LogP contribution in [-0.2, 0) is 0 Å². The Balaban J connectivity index is 2.08. The van der Waals surface area contributed by atoms with Crippen molar-refractivity contribution in [3.63, 3.8) is 0 Å². The van der Waals surface area contributed by atoms with Crippen LogP contribution in [0, 0.1) is 11.3 Å². The number of hydrogen-bond donors (Lipinski definition) is 1. The molecule has 0 aliphatic carbocycles. The van der Waals surface area contributed by atoms with E-state index in [0.717, 1.165) is 11.1 Å². The van der Waals surface area contributed by atoms with Crippen LogP contribution in [0.5, 0.6) is 0 Å². The van der Waals surface area contributed by atoms with Crippen LogP contribution in [0.25, 0.3) is 16.8 Å². The van der Waals surface area contributed by atoms with E-state index in [1.165, 1.54) is 0 Å². The minimum atomic E-state index is 0.336. The van der Waals surface area contributed by atoms with Crippen LogP contribution in [0.3, 0.4) is 0 Å². The molecule has 5 heteroatoms. The molecule has 2 heterocycles. The monoisotopic (exact) mass is 261 g/mol. The van der Waals surface area contributed by atoms with Gasteiger partial charge in [0.25, 0.3) is 0 Å². The highest BCUT2D eigenvalue weighted by Crippen LogP contribution is 2.25. The van der Waals surface area contributed by atoms with Gasteiger partial charge >= 0.3 is 0 Å². The van der Waals surface area contributed by atoms with Crippen molar-refractivity contribution < 1.29 is 0 Å². The molecular weight excluding hydrogens is 250 g/mol. The third-order valence-corrected chi connectivity index (χ3v) is 2.99. The molecule has 1 aromatic carbocycles. The van der Waals surface area contributed by atoms with E-state index < -0.39 is 0 Å². The van der Waals surface area contributed by atoms with E-state index in [4.69, 9.17) is 11.0 Å². The highest BCUT2D eigenvalue weighted by Gasteiger charge is 2.09. The number of hydrogen-bond acceptors (Lipinski definition) is 4. The zero-order chi connectivity index (χ0) is 13.9. The summed E-state index contributed by atoms with van der Waals surface area (Å²) in [5.41, 5.74) is 9.45. The van der Waals surface area contributed by atoms with Crippen molar-refractivity contribution in [1.29, 1.82) is 5.26 Å². The van der Waals surface area contributed by atoms with Gasteiger partial charge in [0.05, 0.1) is 6.20 Å². The fourth-order valence-electron chi connectivity index (χ4n) is 2.02. The van der Waals surface area contributed by atoms with E-state index in [1.54, 1.807) is 29.2 Å². The average Bonchev–Trinajstić information content (AvgIpc) is 2.97. The van der Waals surface area contributed by atoms with Crippen LogP contribution >= 0.6 is 0 Å². The van der Waals surface area contributed by atoms with Gasteiger partial charge in [-0.25, -0.2) is 9.67 Å². The molecule has 3 aromatic rings. The van der Waals surface area contributed by atoms with Gasteiger partial charge in [0.2, 0.25) is 0 Å². The Bertz CT molecular complexity index is 798. The maximum atomic E-state index is 9.07. The highest BCUT2D eigenvalue weighted by molar-refractivity contribution is 5.75. The number of nitrogens with zero attached hydrogens (tertiary/aromatic N) is 4. The van der Waals surface area contributed by atoms with Crippen molar-refractivity contribution in [2.24, 2.45) is 0 Å². The van der Waals surface area contributed by atoms with Gasteiger partial charge in [0.15, 0.2) is 5.69 Å². The van der Waals surface area contributed by atoms with Crippen molar-refractivity contribution in [1.82, 2.24) is 14.8 Å². The molecule has 2 aromatic heterocycles. The van der Waals surface area contributed by atoms with Crippen LogP contribution < -0.4 is 5.73 Å². The lowest BCUT2D eigenvalue weighted by Crippen LogP contribution is -1.99. The molecule has 0 saturated heterocycles. The van der Waals surface area contributed by atoms with Crippen LogP contribution in [0.15, 0.2) is 55.0 Å². The molecule has 0 aliphatic heterocycles. The molecule has 0 fully saturated rings. The minimum absolute atomic E-state index is 0.336. The first-order chi connectivity index (χ1) is 9.79. The molecule has 20 heavy (non-hydrogen) atoms. The lowest BCUT2D eigenvalue weighted by molar-refractivity contribution is 0.869. The Morgan fingerprint density at radius 3 is 2.80 bits per heavy atom. The first-order valence-corrected chi connectivity index (χ1v) is 6.04. The SMILES string of the molecule is N#Cc1ncccc1-n1cc(-c2ccccc2N)cn1. The van der Waals surface area contributed by atoms with E-state index in [1.807, 2.05) is 30.5 Å². The summed E-state index contributed by atoms with van der Waals surface area (Å²) in [5.74, 6) is 0. The summed E-state index contributed by atoms with van der Waals surface area (Å²) in [5, 5.41) is 13.4. The number of nitrogen functional groups attached to an aromatic ring is 1. The summed E-state index contributed by atoms with van der Waals surface area (Å²) in [7, 11) is 0. The average molecular weight is 261 g/mol. The molecule has 3 rings (SSSR count). The molecule has 2 N–H and O–H groups in total. The lowest BCUT2D eigenvalue weighted by atomic mass is 10.1. The molecular formula is C15H11N5. The van der Waals surface area contributed by atoms with E-state index in [0.29, 0.717) is 17.1 Å². The van der Waals surface area contributed by atoms with Crippen molar-refractivity contribution in [2.75, 3.05) is 5.73 Å². The summed E-state index contributed by atoms with van der Waals surface area (Å²) >= 11 is 0. The predicted molar refractivity (Wildman–Crippen MR) is 75.9 cm³/mol. The number of aromatic nitrogens is 3. The molecule has 0 spiro atoms. The molecule has 0 radical (unpaired) electrons. The molecule has 0 unspecified atom stereocenters. The number of anilines is 1. The summed E-state index contributed by atoms with van der Waals surface area (Å²) in [6.07, 6.45) is 5.14. The molecule has 5 nitrogen and oxygen atoms in total. The zero-order valence-electron chi connectivity index (χ0n) is 10.6. The van der Waals surface area contributed by atoms with Crippen molar-refractivity contribution >= 4 is 5.69 Å². The molecule has 0 bridgehead atoms. The second-order valence-corrected chi connectivity index (χ2v) is 4.24. The summed E-state index contributed by atoms with van der Waals surface area (Å²) in [4.78, 5) is 4.03. The van der Waals surface area contributed by atoms with Gasteiger partial charge in [0, 0.05) is 29.2 Å². The Morgan fingerprint density at radius 1 is 1.15 bits per heavy atom.